The van der Waals surface area contributed by atoms with E-state index in [9.17, 15) is 4.79 Å². The molecule has 3 N–H and O–H groups in total. The number of aromatic nitrogens is 3. The summed E-state index contributed by atoms with van der Waals surface area (Å²) in [6.45, 7) is 3.84. The Bertz CT molecular complexity index is 748. The van der Waals surface area contributed by atoms with Gasteiger partial charge in [-0.3, -0.25) is 10.2 Å². The highest BCUT2D eigenvalue weighted by Crippen LogP contribution is 2.18. The number of nitrogens with one attached hydrogen (secondary N) is 1. The van der Waals surface area contributed by atoms with E-state index in [1.807, 2.05) is 4.90 Å². The largest absolute Gasteiger partial charge is 0.384 e. The molecule has 1 atom stereocenters. The maximum absolute atomic E-state index is 12.4. The minimum absolute atomic E-state index is 0.138. The third-order valence-electron chi connectivity index (χ3n) is 4.59. The van der Waals surface area contributed by atoms with Crippen molar-refractivity contribution in [3.8, 4) is 0 Å². The third kappa shape index (κ3) is 4.69. The molecule has 0 radical (unpaired) electrons. The van der Waals surface area contributed by atoms with Crippen LogP contribution < -0.4 is 11.1 Å². The average molecular weight is 359 g/mol. The summed E-state index contributed by atoms with van der Waals surface area (Å²) in [4.78, 5) is 25.0. The monoisotopic (exact) mass is 359 g/mol. The highest BCUT2D eigenvalue weighted by molar-refractivity contribution is 5.88. The van der Waals surface area contributed by atoms with Crippen molar-refractivity contribution in [3.05, 3.63) is 29.9 Å². The fraction of sp³-hybridized carbons (Fsp3) is 0.529. The second-order valence-corrected chi connectivity index (χ2v) is 6.64. The zero-order valence-corrected chi connectivity index (χ0v) is 15.2. The van der Waals surface area contributed by atoms with E-state index in [1.54, 1.807) is 25.3 Å². The van der Waals surface area contributed by atoms with Gasteiger partial charge in [-0.25, -0.2) is 14.8 Å². The van der Waals surface area contributed by atoms with E-state index in [2.05, 4.69) is 32.4 Å². The second kappa shape index (κ2) is 8.13. The summed E-state index contributed by atoms with van der Waals surface area (Å²) in [6.07, 6.45) is 4.53. The lowest BCUT2D eigenvalue weighted by atomic mass is 10.1. The van der Waals surface area contributed by atoms with Gasteiger partial charge in [0.2, 0.25) is 0 Å². The lowest BCUT2D eigenvalue weighted by molar-refractivity contribution is 0.198. The number of likely N-dealkylation sites (tertiary alicyclic amines) is 1. The number of nitrogens with two attached hydrogens (primary N) is 1. The van der Waals surface area contributed by atoms with E-state index >= 15 is 0 Å². The van der Waals surface area contributed by atoms with Crippen LogP contribution >= 0.6 is 0 Å². The Morgan fingerprint density at radius 1 is 1.46 bits per heavy atom. The van der Waals surface area contributed by atoms with Gasteiger partial charge in [0.15, 0.2) is 5.82 Å². The number of hydrogen-bond donors (Lipinski definition) is 2. The highest BCUT2D eigenvalue weighted by atomic mass is 16.5. The first-order chi connectivity index (χ1) is 12.5. The van der Waals surface area contributed by atoms with Crippen LogP contribution in [0.25, 0.3) is 0 Å². The number of rotatable bonds is 4. The van der Waals surface area contributed by atoms with Crippen molar-refractivity contribution in [2.24, 2.45) is 0 Å². The normalized spacial score (nSPS) is 18.0. The molecule has 0 aromatic carbocycles. The molecule has 0 aliphatic carbocycles. The minimum atomic E-state index is -0.138. The first-order valence-electron chi connectivity index (χ1n) is 8.78. The first-order valence-corrected chi connectivity index (χ1v) is 8.78. The van der Waals surface area contributed by atoms with Crippen LogP contribution in [0.5, 0.6) is 0 Å². The number of aryl methyl sites for hydroxylation is 1. The molecular formula is C17H25N7O2. The SMILES string of the molecule is Cc1cc(NC(=O)N2CCC[C@@H](N(C)Cc3nccc(N)n3)CC2)no1. The predicted octanol–water partition coefficient (Wildman–Crippen LogP) is 1.87. The van der Waals surface area contributed by atoms with Crippen LogP contribution in [-0.4, -0.2) is 57.1 Å². The fourth-order valence-corrected chi connectivity index (χ4v) is 3.18. The topological polar surface area (TPSA) is 113 Å². The van der Waals surface area contributed by atoms with Crippen molar-refractivity contribution < 1.29 is 9.32 Å². The molecule has 140 valence electrons. The van der Waals surface area contributed by atoms with Gasteiger partial charge in [-0.05, 0) is 39.3 Å². The molecule has 26 heavy (non-hydrogen) atoms. The van der Waals surface area contributed by atoms with E-state index in [0.29, 0.717) is 42.4 Å². The molecule has 2 aromatic heterocycles. The summed E-state index contributed by atoms with van der Waals surface area (Å²) >= 11 is 0. The van der Waals surface area contributed by atoms with Crippen LogP contribution in [0.2, 0.25) is 0 Å². The molecule has 1 fully saturated rings. The maximum atomic E-state index is 12.4. The second-order valence-electron chi connectivity index (χ2n) is 6.64. The molecule has 2 aromatic rings. The number of nitrogen functional groups attached to an aromatic ring is 1. The summed E-state index contributed by atoms with van der Waals surface area (Å²) in [7, 11) is 2.06. The van der Waals surface area contributed by atoms with Gasteiger partial charge in [-0.1, -0.05) is 5.16 Å². The minimum Gasteiger partial charge on any atom is -0.384 e. The lowest BCUT2D eigenvalue weighted by Crippen LogP contribution is -2.37. The summed E-state index contributed by atoms with van der Waals surface area (Å²) in [5.74, 6) is 2.31. The lowest BCUT2D eigenvalue weighted by Gasteiger charge is -2.26. The number of anilines is 2. The molecule has 3 rings (SSSR count). The summed E-state index contributed by atoms with van der Waals surface area (Å²) in [5.41, 5.74) is 5.72. The van der Waals surface area contributed by atoms with Gasteiger partial charge in [0.1, 0.15) is 17.4 Å². The van der Waals surface area contributed by atoms with E-state index in [1.165, 1.54) is 0 Å². The zero-order chi connectivity index (χ0) is 18.5. The Kier molecular flexibility index (Phi) is 5.67. The smallest absolute Gasteiger partial charge is 0.323 e. The summed E-state index contributed by atoms with van der Waals surface area (Å²) in [6, 6.07) is 3.62. The van der Waals surface area contributed by atoms with Gasteiger partial charge in [0.25, 0.3) is 0 Å². The van der Waals surface area contributed by atoms with Crippen LogP contribution in [0, 0.1) is 6.92 Å². The van der Waals surface area contributed by atoms with Crippen molar-refractivity contribution >= 4 is 17.7 Å². The van der Waals surface area contributed by atoms with Gasteiger partial charge < -0.3 is 15.2 Å². The van der Waals surface area contributed by atoms with Gasteiger partial charge in [-0.2, -0.15) is 0 Å². The van der Waals surface area contributed by atoms with Crippen LogP contribution in [-0.2, 0) is 6.54 Å². The molecule has 2 amide bonds. The average Bonchev–Trinajstić information content (AvgIpc) is 2.85. The van der Waals surface area contributed by atoms with Gasteiger partial charge in [-0.15, -0.1) is 0 Å². The van der Waals surface area contributed by atoms with Crippen LogP contribution in [0.4, 0.5) is 16.4 Å². The number of nitrogens with zero attached hydrogens (tertiary/aromatic N) is 5. The molecule has 0 bridgehead atoms. The Hall–Kier alpha value is -2.68. The Labute approximate surface area is 152 Å². The van der Waals surface area contributed by atoms with Gasteiger partial charge in [0, 0.05) is 31.4 Å². The fourth-order valence-electron chi connectivity index (χ4n) is 3.18. The standard InChI is InChI=1S/C17H25N7O2/c1-12-10-15(22-26-12)21-17(25)24-8-3-4-13(6-9-24)23(2)11-16-19-7-5-14(18)20-16/h5,7,10,13H,3-4,6,8-9,11H2,1-2H3,(H2,18,19,20)(H,21,22,25)/t13-/m1/s1. The van der Waals surface area contributed by atoms with Crippen LogP contribution in [0.1, 0.15) is 30.8 Å². The number of carbonyl (C=O) groups is 1. The maximum Gasteiger partial charge on any atom is 0.323 e. The summed E-state index contributed by atoms with van der Waals surface area (Å²) < 4.78 is 4.98. The molecule has 1 aliphatic heterocycles. The van der Waals surface area contributed by atoms with Crippen LogP contribution in [0.3, 0.4) is 0 Å². The van der Waals surface area contributed by atoms with E-state index in [4.69, 9.17) is 10.3 Å². The molecule has 9 nitrogen and oxygen atoms in total. The predicted molar refractivity (Wildman–Crippen MR) is 97.4 cm³/mol. The summed E-state index contributed by atoms with van der Waals surface area (Å²) in [5, 5.41) is 6.59. The number of hydrogen-bond acceptors (Lipinski definition) is 7. The Balaban J connectivity index is 1.53. The number of urea groups is 1. The third-order valence-corrected chi connectivity index (χ3v) is 4.59. The van der Waals surface area contributed by atoms with Crippen molar-refractivity contribution in [1.82, 2.24) is 24.9 Å². The zero-order valence-electron chi connectivity index (χ0n) is 15.2. The van der Waals surface area contributed by atoms with E-state index in [-0.39, 0.29) is 6.03 Å². The van der Waals surface area contributed by atoms with Crippen LogP contribution in [0.15, 0.2) is 22.9 Å². The molecule has 1 saturated heterocycles. The number of amides is 2. The highest BCUT2D eigenvalue weighted by Gasteiger charge is 2.24. The molecule has 0 spiro atoms. The van der Waals surface area contributed by atoms with Gasteiger partial charge >= 0.3 is 6.03 Å². The van der Waals surface area contributed by atoms with Crippen molar-refractivity contribution in [3.63, 3.8) is 0 Å². The van der Waals surface area contributed by atoms with Crippen molar-refractivity contribution in [1.29, 1.82) is 0 Å². The van der Waals surface area contributed by atoms with Crippen molar-refractivity contribution in [2.75, 3.05) is 31.2 Å². The molecule has 0 saturated carbocycles. The quantitative estimate of drug-likeness (QED) is 0.856. The molecule has 1 aliphatic rings. The number of carbonyl (C=O) groups excluding carboxylic acids is 1. The molecular weight excluding hydrogens is 334 g/mol. The van der Waals surface area contributed by atoms with Gasteiger partial charge in [0.05, 0.1) is 6.54 Å². The molecule has 3 heterocycles. The van der Waals surface area contributed by atoms with Crippen molar-refractivity contribution in [2.45, 2.75) is 38.8 Å². The molecule has 9 heteroatoms. The Morgan fingerprint density at radius 3 is 3.04 bits per heavy atom. The molecule has 0 unspecified atom stereocenters. The Morgan fingerprint density at radius 2 is 2.31 bits per heavy atom. The van der Waals surface area contributed by atoms with E-state index in [0.717, 1.165) is 25.8 Å². The first kappa shape index (κ1) is 18.1. The van der Waals surface area contributed by atoms with E-state index < -0.39 is 0 Å².